The second-order valence-corrected chi connectivity index (χ2v) is 4.98. The van der Waals surface area contributed by atoms with Crippen LogP contribution in [0.3, 0.4) is 0 Å². The maximum Gasteiger partial charge on any atom is 0.225 e. The summed E-state index contributed by atoms with van der Waals surface area (Å²) in [7, 11) is 1.57. The van der Waals surface area contributed by atoms with E-state index in [0.29, 0.717) is 29.2 Å². The van der Waals surface area contributed by atoms with Gasteiger partial charge in [0.05, 0.1) is 7.11 Å². The monoisotopic (exact) mass is 317 g/mol. The standard InChI is InChI=1S/C16H13ClFN3O/c1-22-13-8-4-6-11-14(13)20-16(17)21-15(11)19-9-10-5-2-3-7-12(10)18/h2-8H,9H2,1H3,(H,19,20,21). The van der Waals surface area contributed by atoms with Gasteiger partial charge in [0.25, 0.3) is 0 Å². The van der Waals surface area contributed by atoms with Crippen molar-refractivity contribution >= 4 is 28.3 Å². The number of fused-ring (bicyclic) bond motifs is 1. The summed E-state index contributed by atoms with van der Waals surface area (Å²) < 4.78 is 19.0. The van der Waals surface area contributed by atoms with Crippen molar-refractivity contribution in [3.63, 3.8) is 0 Å². The lowest BCUT2D eigenvalue weighted by Gasteiger charge is -2.11. The molecule has 0 aliphatic heterocycles. The number of anilines is 1. The summed E-state index contributed by atoms with van der Waals surface area (Å²) in [4.78, 5) is 8.38. The van der Waals surface area contributed by atoms with Crippen molar-refractivity contribution in [3.8, 4) is 5.75 Å². The van der Waals surface area contributed by atoms with E-state index in [0.717, 1.165) is 5.39 Å². The van der Waals surface area contributed by atoms with Crippen LogP contribution in [0, 0.1) is 5.82 Å². The summed E-state index contributed by atoms with van der Waals surface area (Å²) in [5.74, 6) is 0.880. The quantitative estimate of drug-likeness (QED) is 0.738. The highest BCUT2D eigenvalue weighted by molar-refractivity contribution is 6.29. The highest BCUT2D eigenvalue weighted by Crippen LogP contribution is 2.29. The number of nitrogens with zero attached hydrogens (tertiary/aromatic N) is 2. The minimum absolute atomic E-state index is 0.105. The van der Waals surface area contributed by atoms with E-state index >= 15 is 0 Å². The van der Waals surface area contributed by atoms with Crippen LogP contribution in [0.5, 0.6) is 5.75 Å². The van der Waals surface area contributed by atoms with Gasteiger partial charge in [0.1, 0.15) is 22.9 Å². The lowest BCUT2D eigenvalue weighted by molar-refractivity contribution is 0.419. The molecule has 1 heterocycles. The van der Waals surface area contributed by atoms with Gasteiger partial charge in [0, 0.05) is 17.5 Å². The van der Waals surface area contributed by atoms with Crippen LogP contribution in [0.1, 0.15) is 5.56 Å². The van der Waals surface area contributed by atoms with Crippen molar-refractivity contribution in [1.29, 1.82) is 0 Å². The first kappa shape index (κ1) is 14.5. The molecule has 0 radical (unpaired) electrons. The number of rotatable bonds is 4. The van der Waals surface area contributed by atoms with Gasteiger partial charge >= 0.3 is 0 Å². The molecule has 2 aromatic carbocycles. The molecule has 0 atom stereocenters. The predicted octanol–water partition coefficient (Wildman–Crippen LogP) is 4.04. The van der Waals surface area contributed by atoms with E-state index in [9.17, 15) is 4.39 Å². The fourth-order valence-electron chi connectivity index (χ4n) is 2.22. The van der Waals surface area contributed by atoms with E-state index in [2.05, 4.69) is 15.3 Å². The van der Waals surface area contributed by atoms with Crippen molar-refractivity contribution in [1.82, 2.24) is 9.97 Å². The van der Waals surface area contributed by atoms with E-state index < -0.39 is 0 Å². The first-order valence-electron chi connectivity index (χ1n) is 6.66. The van der Waals surface area contributed by atoms with E-state index in [-0.39, 0.29) is 11.1 Å². The summed E-state index contributed by atoms with van der Waals surface area (Å²) >= 11 is 5.97. The van der Waals surface area contributed by atoms with E-state index in [4.69, 9.17) is 16.3 Å². The zero-order chi connectivity index (χ0) is 15.5. The molecule has 1 N–H and O–H groups in total. The second-order valence-electron chi connectivity index (χ2n) is 4.64. The Balaban J connectivity index is 1.98. The average molecular weight is 318 g/mol. The molecule has 1 aromatic heterocycles. The first-order valence-corrected chi connectivity index (χ1v) is 7.04. The Hall–Kier alpha value is -2.40. The van der Waals surface area contributed by atoms with Gasteiger partial charge in [-0.1, -0.05) is 24.3 Å². The van der Waals surface area contributed by atoms with Gasteiger partial charge in [-0.15, -0.1) is 0 Å². The SMILES string of the molecule is COc1cccc2c(NCc3ccccc3F)nc(Cl)nc12. The van der Waals surface area contributed by atoms with Gasteiger partial charge in [-0.25, -0.2) is 14.4 Å². The zero-order valence-corrected chi connectivity index (χ0v) is 12.6. The number of halogens is 2. The lowest BCUT2D eigenvalue weighted by Crippen LogP contribution is -2.05. The molecule has 112 valence electrons. The van der Waals surface area contributed by atoms with E-state index in [1.54, 1.807) is 31.4 Å². The number of hydrogen-bond acceptors (Lipinski definition) is 4. The fraction of sp³-hybridized carbons (Fsp3) is 0.125. The smallest absolute Gasteiger partial charge is 0.225 e. The van der Waals surface area contributed by atoms with Crippen LogP contribution in [0.15, 0.2) is 42.5 Å². The summed E-state index contributed by atoms with van der Waals surface area (Å²) in [6.07, 6.45) is 0. The number of aromatic nitrogens is 2. The molecule has 0 saturated heterocycles. The van der Waals surface area contributed by atoms with Gasteiger partial charge < -0.3 is 10.1 Å². The van der Waals surface area contributed by atoms with Crippen molar-refractivity contribution in [2.45, 2.75) is 6.54 Å². The Bertz CT molecular complexity index is 826. The zero-order valence-electron chi connectivity index (χ0n) is 11.8. The molecule has 0 aliphatic carbocycles. The van der Waals surface area contributed by atoms with Gasteiger partial charge in [0.2, 0.25) is 5.28 Å². The molecule has 4 nitrogen and oxygen atoms in total. The highest BCUT2D eigenvalue weighted by atomic mass is 35.5. The highest BCUT2D eigenvalue weighted by Gasteiger charge is 2.11. The number of para-hydroxylation sites is 1. The molecular formula is C16H13ClFN3O. The van der Waals surface area contributed by atoms with E-state index in [1.807, 2.05) is 12.1 Å². The first-order chi connectivity index (χ1) is 10.7. The number of nitrogens with one attached hydrogen (secondary N) is 1. The van der Waals surface area contributed by atoms with Crippen LogP contribution in [-0.4, -0.2) is 17.1 Å². The molecule has 0 amide bonds. The number of ether oxygens (including phenoxy) is 1. The molecule has 0 spiro atoms. The van der Waals surface area contributed by atoms with Crippen LogP contribution < -0.4 is 10.1 Å². The van der Waals surface area contributed by atoms with Crippen LogP contribution in [0.2, 0.25) is 5.28 Å². The van der Waals surface area contributed by atoms with Gasteiger partial charge in [-0.2, -0.15) is 0 Å². The number of benzene rings is 2. The molecule has 0 fully saturated rings. The second kappa shape index (κ2) is 6.15. The Labute approximate surface area is 131 Å². The van der Waals surface area contributed by atoms with Crippen molar-refractivity contribution < 1.29 is 9.13 Å². The average Bonchev–Trinajstić information content (AvgIpc) is 2.53. The third-order valence-corrected chi connectivity index (χ3v) is 3.46. The fourth-order valence-corrected chi connectivity index (χ4v) is 2.39. The molecule has 0 bridgehead atoms. The Kier molecular flexibility index (Phi) is 4.06. The van der Waals surface area contributed by atoms with Gasteiger partial charge in [0.15, 0.2) is 0 Å². The van der Waals surface area contributed by atoms with Crippen LogP contribution in [-0.2, 0) is 6.54 Å². The molecule has 3 aromatic rings. The van der Waals surface area contributed by atoms with Crippen LogP contribution in [0.4, 0.5) is 10.2 Å². The molecule has 0 aliphatic rings. The topological polar surface area (TPSA) is 47.0 Å². The third-order valence-electron chi connectivity index (χ3n) is 3.29. The van der Waals surface area contributed by atoms with E-state index in [1.165, 1.54) is 6.07 Å². The summed E-state index contributed by atoms with van der Waals surface area (Å²) in [5, 5.41) is 3.97. The number of methoxy groups -OCH3 is 1. The predicted molar refractivity (Wildman–Crippen MR) is 84.8 cm³/mol. The van der Waals surface area contributed by atoms with Crippen LogP contribution in [0.25, 0.3) is 10.9 Å². The van der Waals surface area contributed by atoms with Crippen LogP contribution >= 0.6 is 11.6 Å². The summed E-state index contributed by atoms with van der Waals surface area (Å²) in [6, 6.07) is 12.1. The Morgan fingerprint density at radius 1 is 1.14 bits per heavy atom. The van der Waals surface area contributed by atoms with Gasteiger partial charge in [-0.3, -0.25) is 0 Å². The summed E-state index contributed by atoms with van der Waals surface area (Å²) in [6.45, 7) is 0.298. The normalized spacial score (nSPS) is 10.7. The Morgan fingerprint density at radius 3 is 2.73 bits per heavy atom. The molecule has 3 rings (SSSR count). The maximum absolute atomic E-state index is 13.7. The molecular weight excluding hydrogens is 305 g/mol. The maximum atomic E-state index is 13.7. The van der Waals surface area contributed by atoms with Crippen molar-refractivity contribution in [2.75, 3.05) is 12.4 Å². The Morgan fingerprint density at radius 2 is 1.95 bits per heavy atom. The molecule has 6 heteroatoms. The molecule has 0 saturated carbocycles. The molecule has 22 heavy (non-hydrogen) atoms. The largest absolute Gasteiger partial charge is 0.494 e. The van der Waals surface area contributed by atoms with Crippen molar-refractivity contribution in [3.05, 3.63) is 59.1 Å². The summed E-state index contributed by atoms with van der Waals surface area (Å²) in [5.41, 5.74) is 1.16. The minimum Gasteiger partial charge on any atom is -0.494 e. The van der Waals surface area contributed by atoms with Gasteiger partial charge in [-0.05, 0) is 29.8 Å². The minimum atomic E-state index is -0.267. The number of hydrogen-bond donors (Lipinski definition) is 1. The molecule has 0 unspecified atom stereocenters. The van der Waals surface area contributed by atoms with Crippen molar-refractivity contribution in [2.24, 2.45) is 0 Å². The lowest BCUT2D eigenvalue weighted by atomic mass is 10.2. The third kappa shape index (κ3) is 2.80.